The maximum Gasteiger partial charge on any atom is 0.255 e. The summed E-state index contributed by atoms with van der Waals surface area (Å²) in [5, 5.41) is 3.60. The van der Waals surface area contributed by atoms with Crippen LogP contribution in [-0.2, 0) is 32.0 Å². The highest BCUT2D eigenvalue weighted by Gasteiger charge is 2.51. The van der Waals surface area contributed by atoms with E-state index in [4.69, 9.17) is 21.1 Å². The van der Waals surface area contributed by atoms with Crippen LogP contribution in [-0.4, -0.2) is 41.3 Å². The first-order chi connectivity index (χ1) is 19.3. The van der Waals surface area contributed by atoms with Crippen molar-refractivity contribution in [3.05, 3.63) is 94.5 Å². The molecule has 2 aliphatic heterocycles. The number of rotatable bonds is 8. The fourth-order valence-electron chi connectivity index (χ4n) is 5.77. The Morgan fingerprint density at radius 2 is 1.75 bits per heavy atom. The first-order valence-corrected chi connectivity index (χ1v) is 14.5. The number of ether oxygens (including phenoxy) is 2. The molecule has 1 N–H and O–H groups in total. The number of aryl methyl sites for hydroxylation is 1. The van der Waals surface area contributed by atoms with Gasteiger partial charge in [0.15, 0.2) is 18.0 Å². The van der Waals surface area contributed by atoms with Crippen molar-refractivity contribution in [2.45, 2.75) is 77.0 Å². The molecule has 2 heterocycles. The number of hydrogen-bond donors (Lipinski definition) is 1. The fourth-order valence-corrected chi connectivity index (χ4v) is 5.97. The standard InChI is InChI=1S/C33H37ClN2O4/c1-4-9-23-10-5-6-13-27(23)24-17-15-22(16-18-24)21-35-31(37)29-30(40-33(2,3)39-29)32(38)36-19-8-14-28(36)25-11-7-12-26(34)20-25/h5-7,10-13,15-18,20,28-30H,4,8-9,14,19,21H2,1-3H3,(H,35,37)/t28-,29-,30-/m1/s1. The normalized spacial score (nSPS) is 21.9. The second-order valence-electron chi connectivity index (χ2n) is 11.0. The summed E-state index contributed by atoms with van der Waals surface area (Å²) in [5.41, 5.74) is 5.67. The molecule has 0 bridgehead atoms. The van der Waals surface area contributed by atoms with Crippen LogP contribution in [0.3, 0.4) is 0 Å². The third kappa shape index (κ3) is 6.25. The molecule has 3 atom stereocenters. The second-order valence-corrected chi connectivity index (χ2v) is 11.5. The van der Waals surface area contributed by atoms with Crippen molar-refractivity contribution in [2.24, 2.45) is 0 Å². The minimum atomic E-state index is -1.05. The van der Waals surface area contributed by atoms with Gasteiger partial charge in [-0.25, -0.2) is 0 Å². The second kappa shape index (κ2) is 12.1. The molecule has 3 aromatic rings. The summed E-state index contributed by atoms with van der Waals surface area (Å²) in [6, 6.07) is 24.2. The minimum Gasteiger partial charge on any atom is -0.350 e. The van der Waals surface area contributed by atoms with Crippen molar-refractivity contribution in [1.29, 1.82) is 0 Å². The van der Waals surface area contributed by atoms with Crippen LogP contribution < -0.4 is 5.32 Å². The number of amides is 2. The third-order valence-electron chi connectivity index (χ3n) is 7.64. The number of nitrogens with one attached hydrogen (secondary N) is 1. The van der Waals surface area contributed by atoms with Crippen LogP contribution in [0.1, 0.15) is 62.8 Å². The number of carbonyl (C=O) groups excluding carboxylic acids is 2. The van der Waals surface area contributed by atoms with Crippen molar-refractivity contribution in [2.75, 3.05) is 6.54 Å². The van der Waals surface area contributed by atoms with Gasteiger partial charge in [0.25, 0.3) is 11.8 Å². The van der Waals surface area contributed by atoms with Crippen molar-refractivity contribution in [3.63, 3.8) is 0 Å². The summed E-state index contributed by atoms with van der Waals surface area (Å²) in [4.78, 5) is 28.9. The summed E-state index contributed by atoms with van der Waals surface area (Å²) < 4.78 is 12.0. The van der Waals surface area contributed by atoms with E-state index < -0.39 is 18.0 Å². The zero-order valence-corrected chi connectivity index (χ0v) is 24.1. The quantitative estimate of drug-likeness (QED) is 0.343. The van der Waals surface area contributed by atoms with Crippen LogP contribution in [0.15, 0.2) is 72.8 Å². The molecule has 2 amide bonds. The Morgan fingerprint density at radius 1 is 1.00 bits per heavy atom. The molecule has 5 rings (SSSR count). The largest absolute Gasteiger partial charge is 0.350 e. The maximum absolute atomic E-state index is 13.7. The zero-order valence-electron chi connectivity index (χ0n) is 23.4. The molecule has 0 aliphatic carbocycles. The van der Waals surface area contributed by atoms with E-state index in [1.165, 1.54) is 11.1 Å². The Morgan fingerprint density at radius 3 is 2.50 bits per heavy atom. The van der Waals surface area contributed by atoms with E-state index in [0.29, 0.717) is 18.1 Å². The van der Waals surface area contributed by atoms with Crippen LogP contribution in [0.2, 0.25) is 5.02 Å². The maximum atomic E-state index is 13.7. The summed E-state index contributed by atoms with van der Waals surface area (Å²) >= 11 is 6.22. The van der Waals surface area contributed by atoms with Gasteiger partial charge in [-0.2, -0.15) is 0 Å². The first kappa shape index (κ1) is 28.3. The molecule has 6 nitrogen and oxygen atoms in total. The minimum absolute atomic E-state index is 0.108. The average molecular weight is 561 g/mol. The lowest BCUT2D eigenvalue weighted by Gasteiger charge is -2.28. The molecule has 0 radical (unpaired) electrons. The lowest BCUT2D eigenvalue weighted by atomic mass is 9.96. The lowest BCUT2D eigenvalue weighted by molar-refractivity contribution is -0.163. The molecule has 7 heteroatoms. The smallest absolute Gasteiger partial charge is 0.255 e. The Labute approximate surface area is 241 Å². The Hall–Kier alpha value is -3.19. The van der Waals surface area contributed by atoms with Crippen LogP contribution >= 0.6 is 11.6 Å². The summed E-state index contributed by atoms with van der Waals surface area (Å²) in [7, 11) is 0. The third-order valence-corrected chi connectivity index (χ3v) is 7.87. The zero-order chi connectivity index (χ0) is 28.3. The molecule has 2 saturated heterocycles. The number of hydrogen-bond acceptors (Lipinski definition) is 4. The van der Waals surface area contributed by atoms with Gasteiger partial charge < -0.3 is 19.7 Å². The van der Waals surface area contributed by atoms with Crippen molar-refractivity contribution in [3.8, 4) is 11.1 Å². The molecular weight excluding hydrogens is 524 g/mol. The van der Waals surface area contributed by atoms with Gasteiger partial charge in [0.05, 0.1) is 6.04 Å². The Balaban J connectivity index is 1.26. The number of likely N-dealkylation sites (tertiary alicyclic amines) is 1. The predicted molar refractivity (Wildman–Crippen MR) is 157 cm³/mol. The molecule has 3 aromatic carbocycles. The number of carbonyl (C=O) groups is 2. The SMILES string of the molecule is CCCc1ccccc1-c1ccc(CNC(=O)[C@@H]2OC(C)(C)O[C@H]2C(=O)N2CCC[C@@H]2c2cccc(Cl)c2)cc1. The topological polar surface area (TPSA) is 67.9 Å². The molecule has 0 unspecified atom stereocenters. The highest BCUT2D eigenvalue weighted by molar-refractivity contribution is 6.30. The number of benzene rings is 3. The Bertz CT molecular complexity index is 1360. The number of halogens is 1. The molecule has 0 spiro atoms. The van der Waals surface area contributed by atoms with Gasteiger partial charge >= 0.3 is 0 Å². The van der Waals surface area contributed by atoms with Gasteiger partial charge in [0, 0.05) is 18.1 Å². The van der Waals surface area contributed by atoms with Crippen LogP contribution in [0.5, 0.6) is 0 Å². The van der Waals surface area contributed by atoms with Crippen molar-refractivity contribution < 1.29 is 19.1 Å². The van der Waals surface area contributed by atoms with Crippen molar-refractivity contribution >= 4 is 23.4 Å². The number of nitrogens with zero attached hydrogens (tertiary/aromatic N) is 1. The molecule has 2 aliphatic rings. The molecule has 0 aromatic heterocycles. The lowest BCUT2D eigenvalue weighted by Crippen LogP contribution is -2.49. The van der Waals surface area contributed by atoms with Crippen LogP contribution in [0, 0.1) is 0 Å². The molecule has 210 valence electrons. The van der Waals surface area contributed by atoms with Gasteiger partial charge in [0.2, 0.25) is 0 Å². The summed E-state index contributed by atoms with van der Waals surface area (Å²) in [6.45, 7) is 6.57. The summed E-state index contributed by atoms with van der Waals surface area (Å²) in [6.07, 6.45) is 1.77. The van der Waals surface area contributed by atoms with E-state index >= 15 is 0 Å². The molecule has 40 heavy (non-hydrogen) atoms. The van der Waals surface area contributed by atoms with Crippen LogP contribution in [0.4, 0.5) is 0 Å². The summed E-state index contributed by atoms with van der Waals surface area (Å²) in [5.74, 6) is -1.65. The van der Waals surface area contributed by atoms with Gasteiger partial charge in [-0.1, -0.05) is 85.6 Å². The van der Waals surface area contributed by atoms with E-state index in [0.717, 1.165) is 42.4 Å². The van der Waals surface area contributed by atoms with E-state index in [1.54, 1.807) is 18.7 Å². The van der Waals surface area contributed by atoms with E-state index in [-0.39, 0.29) is 17.9 Å². The molecular formula is C33H37ClN2O4. The van der Waals surface area contributed by atoms with E-state index in [2.05, 4.69) is 48.6 Å². The van der Waals surface area contributed by atoms with Gasteiger partial charge in [-0.15, -0.1) is 0 Å². The predicted octanol–water partition coefficient (Wildman–Crippen LogP) is 6.46. The average Bonchev–Trinajstić information content (AvgIpc) is 3.57. The highest BCUT2D eigenvalue weighted by atomic mass is 35.5. The van der Waals surface area contributed by atoms with Crippen molar-refractivity contribution in [1.82, 2.24) is 10.2 Å². The van der Waals surface area contributed by atoms with Crippen LogP contribution in [0.25, 0.3) is 11.1 Å². The van der Waals surface area contributed by atoms with Gasteiger partial charge in [-0.05, 0) is 73.1 Å². The Kier molecular flexibility index (Phi) is 8.60. The monoisotopic (exact) mass is 560 g/mol. The molecule has 0 saturated carbocycles. The van der Waals surface area contributed by atoms with E-state index in [1.807, 2.05) is 36.4 Å². The van der Waals surface area contributed by atoms with Gasteiger partial charge in [-0.3, -0.25) is 9.59 Å². The fraction of sp³-hybridized carbons (Fsp3) is 0.394. The van der Waals surface area contributed by atoms with Gasteiger partial charge in [0.1, 0.15) is 0 Å². The van der Waals surface area contributed by atoms with E-state index in [9.17, 15) is 9.59 Å². The molecule has 2 fully saturated rings. The highest BCUT2D eigenvalue weighted by Crippen LogP contribution is 2.37. The first-order valence-electron chi connectivity index (χ1n) is 14.1.